The summed E-state index contributed by atoms with van der Waals surface area (Å²) >= 11 is 6.33. The maximum atomic E-state index is 12.7. The number of phenolic OH excluding ortho intramolecular Hbond substituents is 1. The summed E-state index contributed by atoms with van der Waals surface area (Å²) in [4.78, 5) is 25.0. The maximum absolute atomic E-state index is 12.7. The number of hydrogen-bond donors (Lipinski definition) is 1. The molecule has 0 atom stereocenters. The number of phenols is 1. The predicted molar refractivity (Wildman–Crippen MR) is 123 cm³/mol. The van der Waals surface area contributed by atoms with Crippen molar-refractivity contribution in [1.82, 2.24) is 5.06 Å². The van der Waals surface area contributed by atoms with Gasteiger partial charge in [-0.15, -0.1) is 5.06 Å². The van der Waals surface area contributed by atoms with Crippen molar-refractivity contribution in [2.75, 3.05) is 18.0 Å². The van der Waals surface area contributed by atoms with E-state index in [0.717, 1.165) is 60.3 Å². The molecule has 0 saturated carbocycles. The number of thioether (sulfide) groups is 1. The molecule has 0 unspecified atom stereocenters. The highest BCUT2D eigenvalue weighted by Crippen LogP contribution is 2.53. The lowest BCUT2D eigenvalue weighted by atomic mass is 9.68. The van der Waals surface area contributed by atoms with E-state index in [0.29, 0.717) is 10.5 Å². The fourth-order valence-corrected chi connectivity index (χ4v) is 5.56. The van der Waals surface area contributed by atoms with Gasteiger partial charge in [-0.1, -0.05) is 51.0 Å². The summed E-state index contributed by atoms with van der Waals surface area (Å²) in [6.07, 6.45) is 4.77. The molecule has 0 bridgehead atoms. The van der Waals surface area contributed by atoms with Gasteiger partial charge in [0.15, 0.2) is 4.32 Å². The van der Waals surface area contributed by atoms with E-state index in [-0.39, 0.29) is 20.9 Å². The normalized spacial score (nSPS) is 23.0. The molecule has 1 N–H and O–H groups in total. The number of nitrogens with zero attached hydrogens (tertiary/aromatic N) is 2. The minimum absolute atomic E-state index is 0.0238. The van der Waals surface area contributed by atoms with Gasteiger partial charge in [0.05, 0.1) is 4.91 Å². The third-order valence-corrected chi connectivity index (χ3v) is 7.54. The number of carbonyl (C=O) groups excluding carboxylic acids is 1. The number of amides is 1. The van der Waals surface area contributed by atoms with Crippen LogP contribution in [-0.4, -0.2) is 33.5 Å². The van der Waals surface area contributed by atoms with E-state index < -0.39 is 5.91 Å². The standard InChI is InChI=1S/C22H26N2O4S2/c1-6-27-28-24-19(26)15(30-20(24)29)12-13-11-14-17-16(18(13)25)22(4,5)8-10-23(17)9-7-21(14,2)3/h6,11-12,25H,1,7-10H2,2-5H3/b15-12+. The van der Waals surface area contributed by atoms with Crippen LogP contribution < -0.4 is 4.90 Å². The molecule has 0 radical (unpaired) electrons. The van der Waals surface area contributed by atoms with Crippen molar-refractivity contribution in [3.63, 3.8) is 0 Å². The summed E-state index contributed by atoms with van der Waals surface area (Å²) in [5, 5.41) is 12.2. The van der Waals surface area contributed by atoms with Crippen LogP contribution in [0.5, 0.6) is 5.75 Å². The first-order chi connectivity index (χ1) is 14.1. The van der Waals surface area contributed by atoms with Crippen LogP contribution in [0, 0.1) is 0 Å². The molecule has 3 aliphatic rings. The molecule has 4 rings (SSSR count). The Labute approximate surface area is 186 Å². The Hall–Kier alpha value is -2.03. The number of benzene rings is 1. The Kier molecular flexibility index (Phi) is 5.15. The monoisotopic (exact) mass is 446 g/mol. The average molecular weight is 447 g/mol. The third-order valence-electron chi connectivity index (χ3n) is 6.27. The number of rotatable bonds is 4. The second-order valence-electron chi connectivity index (χ2n) is 9.15. The van der Waals surface area contributed by atoms with E-state index in [1.807, 2.05) is 6.07 Å². The van der Waals surface area contributed by atoms with E-state index in [1.54, 1.807) is 6.08 Å². The fraction of sp³-hybridized carbons (Fsp3) is 0.455. The Bertz CT molecular complexity index is 982. The highest BCUT2D eigenvalue weighted by atomic mass is 32.2. The third kappa shape index (κ3) is 3.31. The van der Waals surface area contributed by atoms with Crippen LogP contribution in [0.25, 0.3) is 6.08 Å². The molecule has 1 fully saturated rings. The number of carbonyl (C=O) groups is 1. The van der Waals surface area contributed by atoms with Gasteiger partial charge in [0, 0.05) is 29.9 Å². The number of aromatic hydroxyl groups is 1. The van der Waals surface area contributed by atoms with E-state index in [4.69, 9.17) is 17.2 Å². The summed E-state index contributed by atoms with van der Waals surface area (Å²) in [6, 6.07) is 2.02. The van der Waals surface area contributed by atoms with E-state index in [2.05, 4.69) is 44.1 Å². The van der Waals surface area contributed by atoms with Gasteiger partial charge in [-0.3, -0.25) is 4.79 Å². The Morgan fingerprint density at radius 3 is 2.57 bits per heavy atom. The Morgan fingerprint density at radius 2 is 1.90 bits per heavy atom. The van der Waals surface area contributed by atoms with Crippen LogP contribution >= 0.6 is 24.0 Å². The molecular weight excluding hydrogens is 420 g/mol. The number of thiocarbonyl (C=S) groups is 1. The zero-order chi connectivity index (χ0) is 21.8. The van der Waals surface area contributed by atoms with Crippen LogP contribution in [0.4, 0.5) is 5.69 Å². The highest BCUT2D eigenvalue weighted by Gasteiger charge is 2.42. The summed E-state index contributed by atoms with van der Waals surface area (Å²) in [5.74, 6) is -0.201. The van der Waals surface area contributed by atoms with Crippen LogP contribution in [0.2, 0.25) is 0 Å². The largest absolute Gasteiger partial charge is 0.507 e. The van der Waals surface area contributed by atoms with Gasteiger partial charge >= 0.3 is 0 Å². The summed E-state index contributed by atoms with van der Waals surface area (Å²) in [5.41, 5.74) is 3.77. The van der Waals surface area contributed by atoms with Crippen LogP contribution in [0.3, 0.4) is 0 Å². The van der Waals surface area contributed by atoms with Gasteiger partial charge in [0.25, 0.3) is 5.91 Å². The van der Waals surface area contributed by atoms with Crippen molar-refractivity contribution >= 4 is 46.0 Å². The lowest BCUT2D eigenvalue weighted by Gasteiger charge is -2.48. The van der Waals surface area contributed by atoms with Crippen molar-refractivity contribution in [3.05, 3.63) is 40.5 Å². The first-order valence-electron chi connectivity index (χ1n) is 9.95. The van der Waals surface area contributed by atoms with E-state index >= 15 is 0 Å². The quantitative estimate of drug-likeness (QED) is 0.235. The first-order valence-corrected chi connectivity index (χ1v) is 11.2. The van der Waals surface area contributed by atoms with Gasteiger partial charge in [0.2, 0.25) is 0 Å². The molecule has 160 valence electrons. The van der Waals surface area contributed by atoms with Crippen molar-refractivity contribution in [2.45, 2.75) is 51.4 Å². The van der Waals surface area contributed by atoms with Crippen molar-refractivity contribution in [1.29, 1.82) is 0 Å². The molecular formula is C22H26N2O4S2. The molecule has 1 aromatic carbocycles. The second-order valence-corrected chi connectivity index (χ2v) is 10.8. The fourth-order valence-electron chi connectivity index (χ4n) is 4.44. The summed E-state index contributed by atoms with van der Waals surface area (Å²) < 4.78 is 0.221. The molecule has 0 aliphatic carbocycles. The molecule has 1 saturated heterocycles. The van der Waals surface area contributed by atoms with Crippen molar-refractivity contribution < 1.29 is 19.8 Å². The van der Waals surface area contributed by atoms with Crippen molar-refractivity contribution in [2.24, 2.45) is 0 Å². The zero-order valence-electron chi connectivity index (χ0n) is 17.7. The topological polar surface area (TPSA) is 62.2 Å². The average Bonchev–Trinajstić information content (AvgIpc) is 2.93. The lowest BCUT2D eigenvalue weighted by Crippen LogP contribution is -2.44. The molecule has 8 heteroatoms. The molecule has 0 aromatic heterocycles. The minimum Gasteiger partial charge on any atom is -0.507 e. The Balaban J connectivity index is 1.85. The maximum Gasteiger partial charge on any atom is 0.293 e. The van der Waals surface area contributed by atoms with Gasteiger partial charge in [-0.05, 0) is 53.6 Å². The molecule has 1 amide bonds. The zero-order valence-corrected chi connectivity index (χ0v) is 19.3. The minimum atomic E-state index is -0.433. The second kappa shape index (κ2) is 7.28. The molecule has 0 spiro atoms. The molecule has 30 heavy (non-hydrogen) atoms. The van der Waals surface area contributed by atoms with Crippen LogP contribution in [0.15, 0.2) is 23.8 Å². The number of hydrogen-bond acceptors (Lipinski definition) is 7. The molecule has 3 heterocycles. The van der Waals surface area contributed by atoms with Gasteiger partial charge in [0.1, 0.15) is 12.0 Å². The number of anilines is 1. The van der Waals surface area contributed by atoms with Gasteiger partial charge in [-0.25, -0.2) is 0 Å². The van der Waals surface area contributed by atoms with Crippen LogP contribution in [-0.2, 0) is 25.5 Å². The highest BCUT2D eigenvalue weighted by molar-refractivity contribution is 8.26. The molecule has 1 aromatic rings. The Morgan fingerprint density at radius 1 is 1.23 bits per heavy atom. The SMILES string of the molecule is C=COON1C(=O)/C(=C\c2cc3c4c(c2O)C(C)(C)CCN4CCC3(C)C)SC1=S. The van der Waals surface area contributed by atoms with Gasteiger partial charge in [-0.2, -0.15) is 0 Å². The van der Waals surface area contributed by atoms with Gasteiger partial charge < -0.3 is 14.9 Å². The predicted octanol–water partition coefficient (Wildman–Crippen LogP) is 4.77. The van der Waals surface area contributed by atoms with E-state index in [9.17, 15) is 9.90 Å². The van der Waals surface area contributed by atoms with Crippen molar-refractivity contribution in [3.8, 4) is 5.75 Å². The lowest BCUT2D eigenvalue weighted by molar-refractivity contribution is -0.350. The molecule has 3 aliphatic heterocycles. The van der Waals surface area contributed by atoms with Crippen LogP contribution in [0.1, 0.15) is 57.2 Å². The summed E-state index contributed by atoms with van der Waals surface area (Å²) in [6.45, 7) is 14.2. The molecule has 6 nitrogen and oxygen atoms in total. The first kappa shape index (κ1) is 21.2. The smallest absolute Gasteiger partial charge is 0.293 e. The van der Waals surface area contributed by atoms with E-state index in [1.165, 1.54) is 5.56 Å². The summed E-state index contributed by atoms with van der Waals surface area (Å²) in [7, 11) is 0. The number of hydroxylamine groups is 2.